The van der Waals surface area contributed by atoms with Crippen molar-refractivity contribution in [2.24, 2.45) is 18.4 Å². The Balaban J connectivity index is 0.719. The number of carbonyl (C=O) groups excluding carboxylic acids is 5. The van der Waals surface area contributed by atoms with E-state index >= 15 is 0 Å². The summed E-state index contributed by atoms with van der Waals surface area (Å²) in [5, 5.41) is 27.7. The predicted molar refractivity (Wildman–Crippen MR) is 266 cm³/mol. The van der Waals surface area contributed by atoms with E-state index in [1.807, 2.05) is 94.9 Å². The number of nitrogens with zero attached hydrogens (tertiary/aromatic N) is 6. The van der Waals surface area contributed by atoms with Gasteiger partial charge in [-0.15, -0.1) is 11.3 Å². The summed E-state index contributed by atoms with van der Waals surface area (Å²) < 4.78 is 1.77. The number of aromatic nitrogens is 5. The largest absolute Gasteiger partial charge is 0.391 e. The zero-order valence-electron chi connectivity index (χ0n) is 40.0. The molecule has 3 aromatic heterocycles. The third-order valence-corrected chi connectivity index (χ3v) is 14.1. The van der Waals surface area contributed by atoms with E-state index in [0.717, 1.165) is 75.4 Å². The van der Waals surface area contributed by atoms with E-state index in [2.05, 4.69) is 41.2 Å². The van der Waals surface area contributed by atoms with E-state index in [1.54, 1.807) is 28.3 Å². The molecule has 2 fully saturated rings. The van der Waals surface area contributed by atoms with Crippen molar-refractivity contribution in [3.63, 3.8) is 0 Å². The summed E-state index contributed by atoms with van der Waals surface area (Å²) in [7, 11) is 1.87. The molecule has 3 aromatic carbocycles. The van der Waals surface area contributed by atoms with Crippen LogP contribution in [0.1, 0.15) is 93.2 Å². The first-order valence-electron chi connectivity index (χ1n) is 23.8. The molecule has 5 heterocycles. The molecule has 4 atom stereocenters. The molecule has 6 N–H and O–H groups in total. The number of rotatable bonds is 18. The van der Waals surface area contributed by atoms with Crippen LogP contribution in [0.2, 0.25) is 0 Å². The Morgan fingerprint density at radius 1 is 0.957 bits per heavy atom. The molecule has 5 amide bonds. The summed E-state index contributed by atoms with van der Waals surface area (Å²) in [6.07, 6.45) is 4.60. The lowest BCUT2D eigenvalue weighted by molar-refractivity contribution is -0.144. The van der Waals surface area contributed by atoms with Gasteiger partial charge in [-0.25, -0.2) is 9.97 Å². The Kier molecular flexibility index (Phi) is 15.2. The maximum atomic E-state index is 14.0. The van der Waals surface area contributed by atoms with E-state index in [-0.39, 0.29) is 55.5 Å². The third kappa shape index (κ3) is 12.2. The van der Waals surface area contributed by atoms with E-state index in [9.17, 15) is 29.1 Å². The fourth-order valence-corrected chi connectivity index (χ4v) is 10.1. The number of aromatic amines is 1. The Morgan fingerprint density at radius 2 is 1.77 bits per heavy atom. The number of imidazole rings is 1. The summed E-state index contributed by atoms with van der Waals surface area (Å²) >= 11 is 1.58. The number of hydrogen-bond donors (Lipinski definition) is 6. The summed E-state index contributed by atoms with van der Waals surface area (Å²) in [4.78, 5) is 83.9. The van der Waals surface area contributed by atoms with Crippen LogP contribution in [0, 0.1) is 18.3 Å². The van der Waals surface area contributed by atoms with E-state index in [4.69, 9.17) is 4.98 Å². The van der Waals surface area contributed by atoms with Gasteiger partial charge in [-0.05, 0) is 91.6 Å². The fraction of sp³-hybridized carbons (Fsp3) is 0.451. The molecule has 18 heteroatoms. The summed E-state index contributed by atoms with van der Waals surface area (Å²) in [6, 6.07) is 17.3. The molecule has 0 spiro atoms. The van der Waals surface area contributed by atoms with Crippen molar-refractivity contribution < 1.29 is 29.1 Å². The van der Waals surface area contributed by atoms with Gasteiger partial charge in [0.25, 0.3) is 5.91 Å². The van der Waals surface area contributed by atoms with Gasteiger partial charge in [-0.1, -0.05) is 51.5 Å². The number of thiazole rings is 1. The van der Waals surface area contributed by atoms with Gasteiger partial charge in [0.05, 0.1) is 51.5 Å². The summed E-state index contributed by atoms with van der Waals surface area (Å²) in [6.45, 7) is 10.6. The lowest BCUT2D eigenvalue weighted by atomic mass is 9.85. The second-order valence-corrected chi connectivity index (χ2v) is 20.5. The average molecular weight is 958 g/mol. The molecule has 8 rings (SSSR count). The number of nitrogens with one attached hydrogen (secondary N) is 5. The number of benzene rings is 3. The van der Waals surface area contributed by atoms with Gasteiger partial charge in [0, 0.05) is 69.1 Å². The molecule has 0 aliphatic carbocycles. The zero-order chi connectivity index (χ0) is 48.8. The van der Waals surface area contributed by atoms with Crippen molar-refractivity contribution in [3.8, 4) is 10.4 Å². The van der Waals surface area contributed by atoms with Crippen molar-refractivity contribution >= 4 is 68.5 Å². The Labute approximate surface area is 405 Å². The molecule has 6 aromatic rings. The number of hydrogen-bond acceptors (Lipinski definition) is 11. The highest BCUT2D eigenvalue weighted by atomic mass is 32.1. The van der Waals surface area contributed by atoms with Crippen molar-refractivity contribution in [2.75, 3.05) is 31.5 Å². The van der Waals surface area contributed by atoms with Gasteiger partial charge in [0.15, 0.2) is 0 Å². The standard InChI is InChI=1S/C51H63N11O6S/c1-31-46(69-30-54-31)34-12-10-32(11-13-34)25-53-49(67)42-24-38(63)28-62(42)50(68)47(51(2,3)4)59-44(64)9-7-6-8-19-52-45(65)21-33-18-20-61(27-33)29-43-57-39-16-15-37(23-40(39)58-43)56-48(66)35-14-17-41-36(22-35)26-55-60(41)5/h10-17,22-23,26,30,33,38,42,47,63H,6-9,18-21,24-25,27-29H2,1-5H3,(H,52,65)(H,53,67)(H,56,66)(H,57,58)(H,59,64)/t33?,38-,42+,47-/m1/s1. The highest BCUT2D eigenvalue weighted by Gasteiger charge is 2.44. The van der Waals surface area contributed by atoms with E-state index in [0.29, 0.717) is 43.6 Å². The number of β-amino-alcohol motifs (C(OH)–C–C–N with tert-alkyl or cyclic N) is 1. The first-order chi connectivity index (χ1) is 33.1. The van der Waals surface area contributed by atoms with Gasteiger partial charge in [0.2, 0.25) is 23.6 Å². The Bertz CT molecular complexity index is 2810. The normalized spacial score (nSPS) is 17.9. The zero-order valence-corrected chi connectivity index (χ0v) is 40.8. The lowest BCUT2D eigenvalue weighted by Crippen LogP contribution is -2.57. The van der Waals surface area contributed by atoms with Gasteiger partial charge < -0.3 is 36.3 Å². The smallest absolute Gasteiger partial charge is 0.255 e. The van der Waals surface area contributed by atoms with Crippen LogP contribution in [0.3, 0.4) is 0 Å². The second kappa shape index (κ2) is 21.4. The molecule has 0 radical (unpaired) electrons. The number of likely N-dealkylation sites (tertiary alicyclic amines) is 2. The predicted octanol–water partition coefficient (Wildman–Crippen LogP) is 5.83. The minimum absolute atomic E-state index is 0.00778. The van der Waals surface area contributed by atoms with Crippen molar-refractivity contribution in [3.05, 3.63) is 95.0 Å². The summed E-state index contributed by atoms with van der Waals surface area (Å²) in [5.41, 5.74) is 7.91. The minimum atomic E-state index is -0.896. The topological polar surface area (TPSA) is 220 Å². The van der Waals surface area contributed by atoms with E-state index in [1.165, 1.54) is 4.90 Å². The molecule has 17 nitrogen and oxygen atoms in total. The van der Waals surface area contributed by atoms with Gasteiger partial charge in [-0.3, -0.25) is 33.6 Å². The van der Waals surface area contributed by atoms with Crippen LogP contribution in [-0.4, -0.2) is 114 Å². The maximum absolute atomic E-state index is 14.0. The van der Waals surface area contributed by atoms with Crippen LogP contribution in [0.25, 0.3) is 32.4 Å². The molecule has 0 saturated carbocycles. The van der Waals surface area contributed by atoms with Crippen molar-refractivity contribution in [1.29, 1.82) is 0 Å². The quantitative estimate of drug-likeness (QED) is 0.0566. The minimum Gasteiger partial charge on any atom is -0.391 e. The second-order valence-electron chi connectivity index (χ2n) is 19.6. The molecule has 0 bridgehead atoms. The lowest BCUT2D eigenvalue weighted by Gasteiger charge is -2.35. The Hall–Kier alpha value is -6.50. The highest BCUT2D eigenvalue weighted by molar-refractivity contribution is 7.13. The number of carbonyl (C=O) groups is 5. The molecule has 1 unspecified atom stereocenters. The third-order valence-electron chi connectivity index (χ3n) is 13.1. The number of anilines is 1. The van der Waals surface area contributed by atoms with Crippen LogP contribution >= 0.6 is 11.3 Å². The first kappa shape index (κ1) is 48.9. The molecular formula is C51H63N11O6S. The summed E-state index contributed by atoms with van der Waals surface area (Å²) in [5.74, 6) is -0.135. The SMILES string of the molecule is Cc1ncsc1-c1ccc(CNC(=O)[C@@H]2C[C@@H](O)CN2C(=O)[C@@H](NC(=O)CCCCCNC(=O)CC2CCN(Cc3nc4ccc(NC(=O)c5ccc6c(cnn6C)c5)cc4[nH]3)C2)C(C)(C)C)cc1. The van der Waals surface area contributed by atoms with Crippen LogP contribution in [0.4, 0.5) is 5.69 Å². The number of aliphatic hydroxyl groups excluding tert-OH is 1. The van der Waals surface area contributed by atoms with Crippen molar-refractivity contribution in [2.45, 2.75) is 104 Å². The van der Waals surface area contributed by atoms with Crippen LogP contribution < -0.4 is 21.3 Å². The molecule has 69 heavy (non-hydrogen) atoms. The number of fused-ring (bicyclic) bond motifs is 2. The van der Waals surface area contributed by atoms with Gasteiger partial charge in [0.1, 0.15) is 17.9 Å². The Morgan fingerprint density at radius 3 is 2.54 bits per heavy atom. The van der Waals surface area contributed by atoms with Crippen LogP contribution in [-0.2, 0) is 39.3 Å². The molecule has 364 valence electrons. The maximum Gasteiger partial charge on any atom is 0.255 e. The molecule has 2 aliphatic heterocycles. The fourth-order valence-electron chi connectivity index (χ4n) is 9.32. The molecule has 2 saturated heterocycles. The van der Waals surface area contributed by atoms with Crippen LogP contribution in [0.15, 0.2) is 72.4 Å². The molecular weight excluding hydrogens is 895 g/mol. The molecule has 2 aliphatic rings. The number of unbranched alkanes of at least 4 members (excludes halogenated alkanes) is 2. The number of H-pyrrole nitrogens is 1. The van der Waals surface area contributed by atoms with Gasteiger partial charge >= 0.3 is 0 Å². The van der Waals surface area contributed by atoms with Crippen molar-refractivity contribution in [1.82, 2.24) is 50.5 Å². The van der Waals surface area contributed by atoms with E-state index < -0.39 is 29.5 Å². The van der Waals surface area contributed by atoms with Gasteiger partial charge in [-0.2, -0.15) is 5.10 Å². The first-order valence-corrected chi connectivity index (χ1v) is 24.7. The number of aryl methyl sites for hydroxylation is 2. The number of aliphatic hydroxyl groups is 1. The van der Waals surface area contributed by atoms with Crippen LogP contribution in [0.5, 0.6) is 0 Å². The highest BCUT2D eigenvalue weighted by Crippen LogP contribution is 2.29. The monoisotopic (exact) mass is 957 g/mol. The average Bonchev–Trinajstić information content (AvgIpc) is 4.18. The number of amides is 5.